The predicted octanol–water partition coefficient (Wildman–Crippen LogP) is 2.33. The van der Waals surface area contributed by atoms with Gasteiger partial charge in [-0.05, 0) is 37.8 Å². The van der Waals surface area contributed by atoms with Crippen LogP contribution in [0.4, 0.5) is 5.82 Å². The van der Waals surface area contributed by atoms with E-state index in [9.17, 15) is 4.79 Å². The lowest BCUT2D eigenvalue weighted by molar-refractivity contribution is 0.0933. The fourth-order valence-corrected chi connectivity index (χ4v) is 2.41. The Morgan fingerprint density at radius 1 is 1.11 bits per heavy atom. The van der Waals surface area contributed by atoms with Crippen molar-refractivity contribution >= 4 is 11.7 Å². The first-order valence-corrected chi connectivity index (χ1v) is 6.86. The Labute approximate surface area is 107 Å². The van der Waals surface area contributed by atoms with Crippen molar-refractivity contribution in [3.63, 3.8) is 0 Å². The van der Waals surface area contributed by atoms with E-state index < -0.39 is 0 Å². The molecule has 0 aliphatic heterocycles. The van der Waals surface area contributed by atoms with Gasteiger partial charge in [0.15, 0.2) is 0 Å². The van der Waals surface area contributed by atoms with E-state index in [1.165, 1.54) is 25.7 Å². The van der Waals surface area contributed by atoms with Crippen LogP contribution in [0.25, 0.3) is 0 Å². The van der Waals surface area contributed by atoms with Crippen LogP contribution in [0.15, 0.2) is 18.2 Å². The lowest BCUT2D eigenvalue weighted by atomic mass is 10.2. The van der Waals surface area contributed by atoms with Crippen LogP contribution in [-0.2, 0) is 0 Å². The maximum Gasteiger partial charge on any atom is 0.270 e. The maximum atomic E-state index is 12.1. The number of pyridine rings is 1. The van der Waals surface area contributed by atoms with Crippen molar-refractivity contribution in [3.8, 4) is 0 Å². The number of nitrogens with one attached hydrogen (secondary N) is 2. The average Bonchev–Trinajstić information content (AvgIpc) is 3.04. The number of hydrogen-bond acceptors (Lipinski definition) is 3. The lowest BCUT2D eigenvalue weighted by Gasteiger charge is -2.12. The molecular formula is C14H19N3O. The van der Waals surface area contributed by atoms with Crippen LogP contribution in [0.2, 0.25) is 0 Å². The Bertz CT molecular complexity index is 436. The Balaban J connectivity index is 1.64. The second-order valence-corrected chi connectivity index (χ2v) is 5.28. The molecule has 0 radical (unpaired) electrons. The van der Waals surface area contributed by atoms with Gasteiger partial charge >= 0.3 is 0 Å². The topological polar surface area (TPSA) is 54.0 Å². The van der Waals surface area contributed by atoms with E-state index in [4.69, 9.17) is 0 Å². The third kappa shape index (κ3) is 2.81. The molecule has 0 spiro atoms. The van der Waals surface area contributed by atoms with Gasteiger partial charge in [-0.15, -0.1) is 0 Å². The van der Waals surface area contributed by atoms with Gasteiger partial charge in [0.2, 0.25) is 0 Å². The molecule has 2 aliphatic carbocycles. The van der Waals surface area contributed by atoms with Gasteiger partial charge in [-0.3, -0.25) is 4.79 Å². The number of nitrogens with zero attached hydrogens (tertiary/aromatic N) is 1. The molecule has 4 nitrogen and oxygen atoms in total. The molecule has 2 aliphatic rings. The molecule has 18 heavy (non-hydrogen) atoms. The highest BCUT2D eigenvalue weighted by molar-refractivity contribution is 5.92. The fourth-order valence-electron chi connectivity index (χ4n) is 2.41. The summed E-state index contributed by atoms with van der Waals surface area (Å²) in [6.45, 7) is 0. The smallest absolute Gasteiger partial charge is 0.270 e. The van der Waals surface area contributed by atoms with Crippen molar-refractivity contribution in [2.24, 2.45) is 0 Å². The number of amides is 1. The minimum Gasteiger partial charge on any atom is -0.367 e. The quantitative estimate of drug-likeness (QED) is 0.856. The number of anilines is 1. The summed E-state index contributed by atoms with van der Waals surface area (Å²) in [5.41, 5.74) is 0.521. The number of hydrogen-bond donors (Lipinski definition) is 2. The van der Waals surface area contributed by atoms with E-state index in [0.29, 0.717) is 17.8 Å². The van der Waals surface area contributed by atoms with Gasteiger partial charge in [-0.2, -0.15) is 0 Å². The normalized spacial score (nSPS) is 19.8. The molecule has 0 aromatic carbocycles. The van der Waals surface area contributed by atoms with Crippen LogP contribution < -0.4 is 10.6 Å². The first-order valence-electron chi connectivity index (χ1n) is 6.86. The van der Waals surface area contributed by atoms with Gasteiger partial charge in [-0.25, -0.2) is 4.98 Å². The minimum absolute atomic E-state index is 0.0404. The van der Waals surface area contributed by atoms with E-state index in [1.54, 1.807) is 6.07 Å². The highest BCUT2D eigenvalue weighted by Gasteiger charge is 2.22. The molecule has 3 rings (SSSR count). The van der Waals surface area contributed by atoms with Gasteiger partial charge in [0, 0.05) is 12.1 Å². The van der Waals surface area contributed by atoms with Gasteiger partial charge in [0.25, 0.3) is 5.91 Å². The molecule has 0 bridgehead atoms. The molecule has 0 atom stereocenters. The zero-order chi connectivity index (χ0) is 12.4. The molecule has 0 unspecified atom stereocenters. The number of carbonyl (C=O) groups excluding carboxylic acids is 1. The van der Waals surface area contributed by atoms with E-state index in [-0.39, 0.29) is 5.91 Å². The first-order chi connectivity index (χ1) is 8.81. The second kappa shape index (κ2) is 4.96. The van der Waals surface area contributed by atoms with Crippen molar-refractivity contribution in [2.75, 3.05) is 5.32 Å². The minimum atomic E-state index is -0.0404. The molecule has 0 saturated heterocycles. The third-order valence-corrected chi connectivity index (χ3v) is 3.60. The number of aromatic nitrogens is 1. The molecule has 1 aromatic rings. The van der Waals surface area contributed by atoms with Crippen molar-refractivity contribution in [1.82, 2.24) is 10.3 Å². The van der Waals surface area contributed by atoms with Crippen LogP contribution in [0.1, 0.15) is 49.0 Å². The molecule has 1 amide bonds. The highest BCUT2D eigenvalue weighted by Crippen LogP contribution is 2.23. The summed E-state index contributed by atoms with van der Waals surface area (Å²) < 4.78 is 0. The van der Waals surface area contributed by atoms with Crippen LogP contribution in [-0.4, -0.2) is 23.0 Å². The molecule has 4 heteroatoms. The third-order valence-electron chi connectivity index (χ3n) is 3.60. The van der Waals surface area contributed by atoms with Crippen LogP contribution in [0.3, 0.4) is 0 Å². The Kier molecular flexibility index (Phi) is 3.17. The molecule has 2 fully saturated rings. The first kappa shape index (κ1) is 11.5. The van der Waals surface area contributed by atoms with E-state index in [0.717, 1.165) is 18.7 Å². The predicted molar refractivity (Wildman–Crippen MR) is 70.6 cm³/mol. The summed E-state index contributed by atoms with van der Waals surface area (Å²) in [4.78, 5) is 16.4. The monoisotopic (exact) mass is 245 g/mol. The molecule has 1 heterocycles. The van der Waals surface area contributed by atoms with Crippen LogP contribution in [0, 0.1) is 0 Å². The number of carbonyl (C=O) groups is 1. The molecule has 2 N–H and O–H groups in total. The summed E-state index contributed by atoms with van der Waals surface area (Å²) >= 11 is 0. The van der Waals surface area contributed by atoms with Gasteiger partial charge in [-0.1, -0.05) is 18.9 Å². The van der Waals surface area contributed by atoms with Gasteiger partial charge in [0.1, 0.15) is 11.5 Å². The number of rotatable bonds is 4. The highest BCUT2D eigenvalue weighted by atomic mass is 16.1. The Morgan fingerprint density at radius 2 is 1.89 bits per heavy atom. The fraction of sp³-hybridized carbons (Fsp3) is 0.571. The second-order valence-electron chi connectivity index (χ2n) is 5.28. The zero-order valence-electron chi connectivity index (χ0n) is 10.5. The van der Waals surface area contributed by atoms with Crippen LogP contribution in [0.5, 0.6) is 0 Å². The summed E-state index contributed by atoms with van der Waals surface area (Å²) in [7, 11) is 0. The van der Waals surface area contributed by atoms with Gasteiger partial charge < -0.3 is 10.6 Å². The Hall–Kier alpha value is -1.58. The summed E-state index contributed by atoms with van der Waals surface area (Å²) in [6.07, 6.45) is 7.07. The molecule has 96 valence electrons. The van der Waals surface area contributed by atoms with Crippen LogP contribution >= 0.6 is 0 Å². The van der Waals surface area contributed by atoms with Crippen molar-refractivity contribution in [2.45, 2.75) is 50.6 Å². The zero-order valence-corrected chi connectivity index (χ0v) is 10.5. The van der Waals surface area contributed by atoms with E-state index in [1.807, 2.05) is 12.1 Å². The van der Waals surface area contributed by atoms with E-state index >= 15 is 0 Å². The SMILES string of the molecule is O=C(NC1CCCC1)c1cccc(NC2CC2)n1. The lowest BCUT2D eigenvalue weighted by Crippen LogP contribution is -2.33. The molecule has 2 saturated carbocycles. The summed E-state index contributed by atoms with van der Waals surface area (Å²) in [5.74, 6) is 0.776. The molecule has 1 aromatic heterocycles. The van der Waals surface area contributed by atoms with Crippen molar-refractivity contribution in [3.05, 3.63) is 23.9 Å². The van der Waals surface area contributed by atoms with Gasteiger partial charge in [0.05, 0.1) is 0 Å². The van der Waals surface area contributed by atoms with Crippen molar-refractivity contribution in [1.29, 1.82) is 0 Å². The van der Waals surface area contributed by atoms with Crippen molar-refractivity contribution < 1.29 is 4.79 Å². The summed E-state index contributed by atoms with van der Waals surface area (Å²) in [5, 5.41) is 6.38. The summed E-state index contributed by atoms with van der Waals surface area (Å²) in [6, 6.07) is 6.50. The standard InChI is InChI=1S/C14H19N3O/c18-14(16-10-4-1-2-5-10)12-6-3-7-13(17-12)15-11-8-9-11/h3,6-7,10-11H,1-2,4-5,8-9H2,(H,15,17)(H,16,18). The molecular weight excluding hydrogens is 226 g/mol. The average molecular weight is 245 g/mol. The largest absolute Gasteiger partial charge is 0.367 e. The van der Waals surface area contributed by atoms with E-state index in [2.05, 4.69) is 15.6 Å². The Morgan fingerprint density at radius 3 is 2.61 bits per heavy atom. The maximum absolute atomic E-state index is 12.1.